The average molecular weight is 279 g/mol. The molecule has 2 aromatic carbocycles. The van der Waals surface area contributed by atoms with E-state index in [1.54, 1.807) is 0 Å². The van der Waals surface area contributed by atoms with Crippen LogP contribution in [0.5, 0.6) is 0 Å². The van der Waals surface area contributed by atoms with E-state index in [9.17, 15) is 0 Å². The Balaban J connectivity index is 1.99. The Morgan fingerprint density at radius 2 is 1.86 bits per heavy atom. The Morgan fingerprint density at radius 1 is 1.10 bits per heavy atom. The lowest BCUT2D eigenvalue weighted by Gasteiger charge is -2.13. The smallest absolute Gasteiger partial charge is 0.203 e. The first-order chi connectivity index (χ1) is 10.1. The lowest BCUT2D eigenvalue weighted by atomic mass is 10.0. The summed E-state index contributed by atoms with van der Waals surface area (Å²) < 4.78 is 2.19. The summed E-state index contributed by atoms with van der Waals surface area (Å²) >= 11 is 0. The predicted molar refractivity (Wildman–Crippen MR) is 88.8 cm³/mol. The molecule has 0 fully saturated rings. The maximum Gasteiger partial charge on any atom is 0.203 e. The van der Waals surface area contributed by atoms with Gasteiger partial charge in [0.15, 0.2) is 0 Å². The van der Waals surface area contributed by atoms with E-state index in [0.29, 0.717) is 6.04 Å². The summed E-state index contributed by atoms with van der Waals surface area (Å²) in [5.41, 5.74) is 2.36. The van der Waals surface area contributed by atoms with Gasteiger partial charge in [0.2, 0.25) is 5.95 Å². The Morgan fingerprint density at radius 3 is 2.67 bits per heavy atom. The van der Waals surface area contributed by atoms with Crippen molar-refractivity contribution in [1.29, 1.82) is 0 Å². The van der Waals surface area contributed by atoms with E-state index in [-0.39, 0.29) is 0 Å². The minimum Gasteiger partial charge on any atom is -0.353 e. The lowest BCUT2D eigenvalue weighted by Crippen LogP contribution is -2.15. The van der Waals surface area contributed by atoms with Crippen molar-refractivity contribution in [2.75, 3.05) is 5.32 Å². The van der Waals surface area contributed by atoms with Crippen molar-refractivity contribution in [3.8, 4) is 0 Å². The molecule has 0 spiro atoms. The third-order valence-corrected chi connectivity index (χ3v) is 3.54. The summed E-state index contributed by atoms with van der Waals surface area (Å²) in [6.45, 7) is 7.13. The van der Waals surface area contributed by atoms with Gasteiger partial charge in [0.05, 0.1) is 12.2 Å². The van der Waals surface area contributed by atoms with Gasteiger partial charge >= 0.3 is 0 Å². The lowest BCUT2D eigenvalue weighted by molar-refractivity contribution is 0.777. The normalized spacial score (nSPS) is 11.2. The van der Waals surface area contributed by atoms with Crippen LogP contribution in [-0.4, -0.2) is 15.6 Å². The van der Waals surface area contributed by atoms with E-state index in [1.807, 2.05) is 6.92 Å². The van der Waals surface area contributed by atoms with Crippen molar-refractivity contribution in [2.45, 2.75) is 33.4 Å². The summed E-state index contributed by atoms with van der Waals surface area (Å²) in [5, 5.41) is 6.00. The first-order valence-corrected chi connectivity index (χ1v) is 7.40. The second-order valence-corrected chi connectivity index (χ2v) is 5.77. The van der Waals surface area contributed by atoms with Gasteiger partial charge in [-0.05, 0) is 37.1 Å². The Kier molecular flexibility index (Phi) is 3.65. The molecule has 0 radical (unpaired) electrons. The highest BCUT2D eigenvalue weighted by Crippen LogP contribution is 2.21. The molecule has 0 unspecified atom stereocenters. The van der Waals surface area contributed by atoms with Crippen LogP contribution in [0.2, 0.25) is 0 Å². The number of aromatic nitrogens is 2. The molecular formula is C18H21N3. The molecule has 1 N–H and O–H groups in total. The van der Waals surface area contributed by atoms with Crippen molar-refractivity contribution in [3.05, 3.63) is 59.9 Å². The maximum atomic E-state index is 4.58. The molecule has 0 atom stereocenters. The number of rotatable bonds is 4. The number of anilines is 1. The first-order valence-electron chi connectivity index (χ1n) is 7.40. The van der Waals surface area contributed by atoms with Gasteiger partial charge in [-0.2, -0.15) is 0 Å². The SMILES string of the molecule is Cc1cn(Cc2cccc3ccccc23)c(NC(C)C)n1. The van der Waals surface area contributed by atoms with Crippen LogP contribution in [0.25, 0.3) is 10.8 Å². The molecule has 0 aliphatic rings. The van der Waals surface area contributed by atoms with Gasteiger partial charge in [0.1, 0.15) is 0 Å². The fourth-order valence-electron chi connectivity index (χ4n) is 2.65. The molecule has 21 heavy (non-hydrogen) atoms. The number of imidazole rings is 1. The molecule has 3 heteroatoms. The fourth-order valence-corrected chi connectivity index (χ4v) is 2.65. The first kappa shape index (κ1) is 13.7. The molecule has 3 aromatic rings. The molecule has 0 saturated heterocycles. The zero-order chi connectivity index (χ0) is 14.8. The van der Waals surface area contributed by atoms with Gasteiger partial charge < -0.3 is 9.88 Å². The zero-order valence-corrected chi connectivity index (χ0v) is 12.8. The molecular weight excluding hydrogens is 258 g/mol. The van der Waals surface area contributed by atoms with Crippen molar-refractivity contribution in [2.24, 2.45) is 0 Å². The maximum absolute atomic E-state index is 4.58. The topological polar surface area (TPSA) is 29.9 Å². The van der Waals surface area contributed by atoms with Crippen molar-refractivity contribution >= 4 is 16.7 Å². The van der Waals surface area contributed by atoms with Crippen molar-refractivity contribution in [3.63, 3.8) is 0 Å². The number of fused-ring (bicyclic) bond motifs is 1. The van der Waals surface area contributed by atoms with E-state index in [1.165, 1.54) is 16.3 Å². The molecule has 3 rings (SSSR count). The minimum absolute atomic E-state index is 0.373. The molecule has 0 aliphatic heterocycles. The molecule has 1 heterocycles. The van der Waals surface area contributed by atoms with E-state index in [2.05, 4.69) is 77.4 Å². The Labute approximate surface area is 125 Å². The van der Waals surface area contributed by atoms with Crippen LogP contribution in [-0.2, 0) is 6.54 Å². The van der Waals surface area contributed by atoms with Gasteiger partial charge in [-0.15, -0.1) is 0 Å². The number of hydrogen-bond acceptors (Lipinski definition) is 2. The van der Waals surface area contributed by atoms with Crippen LogP contribution >= 0.6 is 0 Å². The molecule has 0 amide bonds. The quantitative estimate of drug-likeness (QED) is 0.775. The molecule has 0 aliphatic carbocycles. The van der Waals surface area contributed by atoms with E-state index < -0.39 is 0 Å². The third-order valence-electron chi connectivity index (χ3n) is 3.54. The van der Waals surface area contributed by atoms with Gasteiger partial charge in [-0.1, -0.05) is 42.5 Å². The third kappa shape index (κ3) is 2.92. The highest BCUT2D eigenvalue weighted by atomic mass is 15.2. The number of aryl methyl sites for hydroxylation is 1. The van der Waals surface area contributed by atoms with Crippen LogP contribution < -0.4 is 5.32 Å². The second kappa shape index (κ2) is 5.60. The summed E-state index contributed by atoms with van der Waals surface area (Å²) in [7, 11) is 0. The van der Waals surface area contributed by atoms with Crippen LogP contribution in [0.15, 0.2) is 48.7 Å². The van der Waals surface area contributed by atoms with Gasteiger partial charge in [-0.25, -0.2) is 4.98 Å². The Hall–Kier alpha value is -2.29. The molecule has 0 bridgehead atoms. The van der Waals surface area contributed by atoms with Gasteiger partial charge in [0.25, 0.3) is 0 Å². The molecule has 108 valence electrons. The van der Waals surface area contributed by atoms with Crippen LogP contribution in [0.1, 0.15) is 25.1 Å². The molecule has 0 saturated carbocycles. The number of nitrogens with zero attached hydrogens (tertiary/aromatic N) is 2. The summed E-state index contributed by atoms with van der Waals surface area (Å²) in [6.07, 6.45) is 2.10. The minimum atomic E-state index is 0.373. The summed E-state index contributed by atoms with van der Waals surface area (Å²) in [4.78, 5) is 4.58. The summed E-state index contributed by atoms with van der Waals surface area (Å²) in [5.74, 6) is 0.940. The largest absolute Gasteiger partial charge is 0.353 e. The molecule has 3 nitrogen and oxygen atoms in total. The number of nitrogens with one attached hydrogen (secondary N) is 1. The number of benzene rings is 2. The van der Waals surface area contributed by atoms with Crippen LogP contribution in [0.4, 0.5) is 5.95 Å². The monoisotopic (exact) mass is 279 g/mol. The highest BCUT2D eigenvalue weighted by Gasteiger charge is 2.08. The van der Waals surface area contributed by atoms with E-state index in [0.717, 1.165) is 18.2 Å². The van der Waals surface area contributed by atoms with E-state index >= 15 is 0 Å². The average Bonchev–Trinajstić information content (AvgIpc) is 2.78. The van der Waals surface area contributed by atoms with Crippen molar-refractivity contribution in [1.82, 2.24) is 9.55 Å². The van der Waals surface area contributed by atoms with Crippen LogP contribution in [0, 0.1) is 6.92 Å². The van der Waals surface area contributed by atoms with E-state index in [4.69, 9.17) is 0 Å². The van der Waals surface area contributed by atoms with Crippen molar-refractivity contribution < 1.29 is 0 Å². The van der Waals surface area contributed by atoms with Gasteiger partial charge in [0, 0.05) is 12.2 Å². The predicted octanol–water partition coefficient (Wildman–Crippen LogP) is 4.21. The fraction of sp³-hybridized carbons (Fsp3) is 0.278. The van der Waals surface area contributed by atoms with Gasteiger partial charge in [-0.3, -0.25) is 0 Å². The highest BCUT2D eigenvalue weighted by molar-refractivity contribution is 5.85. The molecule has 1 aromatic heterocycles. The second-order valence-electron chi connectivity index (χ2n) is 5.77. The van der Waals surface area contributed by atoms with Crippen LogP contribution in [0.3, 0.4) is 0 Å². The zero-order valence-electron chi connectivity index (χ0n) is 12.8. The number of hydrogen-bond donors (Lipinski definition) is 1. The Bertz CT molecular complexity index is 751. The summed E-state index contributed by atoms with van der Waals surface area (Å²) in [6, 6.07) is 15.4. The standard InChI is InChI=1S/C18H21N3/c1-13(2)19-18-20-14(3)11-21(18)12-16-9-6-8-15-7-4-5-10-17(15)16/h4-11,13H,12H2,1-3H3,(H,19,20).